The molecule has 0 aliphatic heterocycles. The van der Waals surface area contributed by atoms with E-state index < -0.39 is 0 Å². The van der Waals surface area contributed by atoms with E-state index in [9.17, 15) is 4.79 Å². The van der Waals surface area contributed by atoms with Gasteiger partial charge in [-0.3, -0.25) is 9.48 Å². The zero-order valence-corrected chi connectivity index (χ0v) is 15.2. The molecule has 27 heavy (non-hydrogen) atoms. The van der Waals surface area contributed by atoms with Gasteiger partial charge in [0.15, 0.2) is 0 Å². The number of nitrogens with zero attached hydrogens (tertiary/aromatic N) is 3. The number of pyridine rings is 1. The molecule has 0 spiro atoms. The standard InChI is InChI=1S/C21H17ClN4O/c22-20-12-18(17-8-3-4-9-19(17)25-20)21(27)23-13-15-6-1-2-7-16(15)14-26-11-5-10-24-26/h1-12H,13-14H2,(H,23,27). The Bertz CT molecular complexity index is 1090. The number of aromatic nitrogens is 3. The summed E-state index contributed by atoms with van der Waals surface area (Å²) in [5.74, 6) is -0.176. The number of rotatable bonds is 5. The number of amides is 1. The van der Waals surface area contributed by atoms with E-state index in [4.69, 9.17) is 11.6 Å². The van der Waals surface area contributed by atoms with Gasteiger partial charge in [-0.2, -0.15) is 5.10 Å². The molecule has 134 valence electrons. The lowest BCUT2D eigenvalue weighted by atomic mass is 10.1. The smallest absolute Gasteiger partial charge is 0.252 e. The third-order valence-electron chi connectivity index (χ3n) is 4.38. The third kappa shape index (κ3) is 3.83. The van der Waals surface area contributed by atoms with E-state index >= 15 is 0 Å². The Morgan fingerprint density at radius 1 is 1.04 bits per heavy atom. The molecule has 6 heteroatoms. The number of nitrogens with one attached hydrogen (secondary N) is 1. The van der Waals surface area contributed by atoms with Gasteiger partial charge in [0, 0.05) is 24.3 Å². The highest BCUT2D eigenvalue weighted by atomic mass is 35.5. The number of benzene rings is 2. The molecule has 5 nitrogen and oxygen atoms in total. The molecular weight excluding hydrogens is 360 g/mol. The summed E-state index contributed by atoms with van der Waals surface area (Å²) in [5, 5.41) is 8.33. The first kappa shape index (κ1) is 17.2. The van der Waals surface area contributed by atoms with Crippen LogP contribution in [0.5, 0.6) is 0 Å². The molecule has 1 amide bonds. The van der Waals surface area contributed by atoms with E-state index in [1.807, 2.05) is 65.5 Å². The molecule has 0 fully saturated rings. The number of fused-ring (bicyclic) bond motifs is 1. The molecule has 2 aromatic carbocycles. The molecule has 4 aromatic rings. The summed E-state index contributed by atoms with van der Waals surface area (Å²) in [7, 11) is 0. The SMILES string of the molecule is O=C(NCc1ccccc1Cn1cccn1)c1cc(Cl)nc2ccccc12. The zero-order valence-electron chi connectivity index (χ0n) is 14.5. The summed E-state index contributed by atoms with van der Waals surface area (Å²) >= 11 is 6.09. The highest BCUT2D eigenvalue weighted by molar-refractivity contribution is 6.30. The second-order valence-corrected chi connectivity index (χ2v) is 6.55. The molecule has 2 aromatic heterocycles. The first-order valence-corrected chi connectivity index (χ1v) is 8.96. The molecule has 1 N–H and O–H groups in total. The first-order valence-electron chi connectivity index (χ1n) is 8.58. The van der Waals surface area contributed by atoms with E-state index in [-0.39, 0.29) is 5.91 Å². The Hall–Kier alpha value is -3.18. The second-order valence-electron chi connectivity index (χ2n) is 6.16. The monoisotopic (exact) mass is 376 g/mol. The molecule has 0 saturated heterocycles. The Labute approximate surface area is 161 Å². The summed E-state index contributed by atoms with van der Waals surface area (Å²) in [6.45, 7) is 1.08. The van der Waals surface area contributed by atoms with Crippen LogP contribution in [0.15, 0.2) is 73.1 Å². The second kappa shape index (κ2) is 7.60. The fourth-order valence-corrected chi connectivity index (χ4v) is 3.25. The average Bonchev–Trinajstić information content (AvgIpc) is 3.19. The van der Waals surface area contributed by atoms with Crippen molar-refractivity contribution in [2.24, 2.45) is 0 Å². The van der Waals surface area contributed by atoms with Crippen LogP contribution < -0.4 is 5.32 Å². The van der Waals surface area contributed by atoms with Crippen LogP contribution in [0, 0.1) is 0 Å². The van der Waals surface area contributed by atoms with Crippen molar-refractivity contribution >= 4 is 28.4 Å². The summed E-state index contributed by atoms with van der Waals surface area (Å²) in [6, 6.07) is 19.0. The van der Waals surface area contributed by atoms with Crippen LogP contribution in [0.1, 0.15) is 21.5 Å². The van der Waals surface area contributed by atoms with E-state index in [1.165, 1.54) is 0 Å². The molecule has 0 atom stereocenters. The summed E-state index contributed by atoms with van der Waals surface area (Å²) in [5.41, 5.74) is 3.38. The van der Waals surface area contributed by atoms with Gasteiger partial charge in [-0.05, 0) is 29.3 Å². The Morgan fingerprint density at radius 3 is 2.63 bits per heavy atom. The van der Waals surface area contributed by atoms with Gasteiger partial charge in [0.2, 0.25) is 0 Å². The topological polar surface area (TPSA) is 59.8 Å². The summed E-state index contributed by atoms with van der Waals surface area (Å²) in [4.78, 5) is 17.1. The highest BCUT2D eigenvalue weighted by Crippen LogP contribution is 2.21. The van der Waals surface area contributed by atoms with Gasteiger partial charge in [-0.15, -0.1) is 0 Å². The van der Waals surface area contributed by atoms with Gasteiger partial charge < -0.3 is 5.32 Å². The predicted molar refractivity (Wildman–Crippen MR) is 106 cm³/mol. The first-order chi connectivity index (χ1) is 13.2. The van der Waals surface area contributed by atoms with Crippen molar-refractivity contribution in [3.8, 4) is 0 Å². The minimum absolute atomic E-state index is 0.176. The molecule has 0 aliphatic rings. The molecular formula is C21H17ClN4O. The van der Waals surface area contributed by atoms with Crippen molar-refractivity contribution in [1.29, 1.82) is 0 Å². The molecule has 0 aliphatic carbocycles. The van der Waals surface area contributed by atoms with Gasteiger partial charge >= 0.3 is 0 Å². The van der Waals surface area contributed by atoms with Crippen LogP contribution in [-0.2, 0) is 13.1 Å². The van der Waals surface area contributed by atoms with Crippen LogP contribution in [0.2, 0.25) is 5.15 Å². The number of hydrogen-bond acceptors (Lipinski definition) is 3. The minimum atomic E-state index is -0.176. The fourth-order valence-electron chi connectivity index (χ4n) is 3.05. The number of hydrogen-bond donors (Lipinski definition) is 1. The average molecular weight is 377 g/mol. The number of carbonyl (C=O) groups excluding carboxylic acids is 1. The van der Waals surface area contributed by atoms with Gasteiger partial charge in [-0.1, -0.05) is 54.1 Å². The van der Waals surface area contributed by atoms with Crippen LogP contribution in [0.3, 0.4) is 0 Å². The van der Waals surface area contributed by atoms with Gasteiger partial charge in [0.25, 0.3) is 5.91 Å². The maximum atomic E-state index is 12.8. The van der Waals surface area contributed by atoms with E-state index in [0.717, 1.165) is 16.5 Å². The number of carbonyl (C=O) groups is 1. The molecule has 0 unspecified atom stereocenters. The van der Waals surface area contributed by atoms with Crippen molar-refractivity contribution in [1.82, 2.24) is 20.1 Å². The normalized spacial score (nSPS) is 10.9. The molecule has 2 heterocycles. The van der Waals surface area contributed by atoms with Crippen molar-refractivity contribution in [2.45, 2.75) is 13.1 Å². The Balaban J connectivity index is 1.56. The van der Waals surface area contributed by atoms with E-state index in [2.05, 4.69) is 15.4 Å². The van der Waals surface area contributed by atoms with Crippen molar-refractivity contribution in [3.05, 3.63) is 94.9 Å². The molecule has 0 saturated carbocycles. The maximum Gasteiger partial charge on any atom is 0.252 e. The van der Waals surface area contributed by atoms with Crippen LogP contribution in [0.4, 0.5) is 0 Å². The van der Waals surface area contributed by atoms with Crippen LogP contribution >= 0.6 is 11.6 Å². The number of halogens is 1. The lowest BCUT2D eigenvalue weighted by Gasteiger charge is -2.12. The fraction of sp³-hybridized carbons (Fsp3) is 0.0952. The lowest BCUT2D eigenvalue weighted by molar-refractivity contribution is 0.0952. The largest absolute Gasteiger partial charge is 0.348 e. The number of para-hydroxylation sites is 1. The van der Waals surface area contributed by atoms with E-state index in [1.54, 1.807) is 12.3 Å². The van der Waals surface area contributed by atoms with Gasteiger partial charge in [0.05, 0.1) is 17.6 Å². The van der Waals surface area contributed by atoms with Gasteiger partial charge in [-0.25, -0.2) is 4.98 Å². The van der Waals surface area contributed by atoms with Crippen molar-refractivity contribution in [2.75, 3.05) is 0 Å². The van der Waals surface area contributed by atoms with Crippen molar-refractivity contribution in [3.63, 3.8) is 0 Å². The molecule has 0 radical (unpaired) electrons. The van der Waals surface area contributed by atoms with Crippen molar-refractivity contribution < 1.29 is 4.79 Å². The molecule has 0 bridgehead atoms. The van der Waals surface area contributed by atoms with Crippen LogP contribution in [0.25, 0.3) is 10.9 Å². The quantitative estimate of drug-likeness (QED) is 0.534. The minimum Gasteiger partial charge on any atom is -0.348 e. The third-order valence-corrected chi connectivity index (χ3v) is 4.57. The highest BCUT2D eigenvalue weighted by Gasteiger charge is 2.13. The Kier molecular flexibility index (Phi) is 4.85. The zero-order chi connectivity index (χ0) is 18.6. The lowest BCUT2D eigenvalue weighted by Crippen LogP contribution is -2.24. The van der Waals surface area contributed by atoms with E-state index in [0.29, 0.717) is 29.3 Å². The Morgan fingerprint density at radius 2 is 1.81 bits per heavy atom. The summed E-state index contributed by atoms with van der Waals surface area (Å²) < 4.78 is 1.86. The van der Waals surface area contributed by atoms with Crippen LogP contribution in [-0.4, -0.2) is 20.7 Å². The molecule has 4 rings (SSSR count). The summed E-state index contributed by atoms with van der Waals surface area (Å²) in [6.07, 6.45) is 3.67. The predicted octanol–water partition coefficient (Wildman–Crippen LogP) is 4.06. The van der Waals surface area contributed by atoms with Gasteiger partial charge in [0.1, 0.15) is 5.15 Å². The maximum absolute atomic E-state index is 12.8.